The zero-order valence-electron chi connectivity index (χ0n) is 9.97. The number of hydrogen-bond acceptors (Lipinski definition) is 6. The molecule has 0 saturated carbocycles. The SMILES string of the molecule is Cc1nc(Sc2cc3nc[nH]c(=O)c3cc2N)n[nH]1. The van der Waals surface area contributed by atoms with Gasteiger partial charge in [-0.1, -0.05) is 0 Å². The number of benzene rings is 1. The average Bonchev–Trinajstić information content (AvgIpc) is 2.77. The Bertz CT molecular complexity index is 808. The van der Waals surface area contributed by atoms with Gasteiger partial charge >= 0.3 is 0 Å². The third-order valence-corrected chi connectivity index (χ3v) is 3.49. The van der Waals surface area contributed by atoms with Gasteiger partial charge in [0.2, 0.25) is 5.16 Å². The van der Waals surface area contributed by atoms with E-state index in [2.05, 4.69) is 25.1 Å². The Morgan fingerprint density at radius 2 is 2.21 bits per heavy atom. The molecule has 8 heteroatoms. The first-order chi connectivity index (χ1) is 9.13. The number of fused-ring (bicyclic) bond motifs is 1. The Morgan fingerprint density at radius 1 is 1.37 bits per heavy atom. The highest BCUT2D eigenvalue weighted by atomic mass is 32.2. The highest BCUT2D eigenvalue weighted by Gasteiger charge is 2.09. The van der Waals surface area contributed by atoms with Gasteiger partial charge in [0.25, 0.3) is 5.56 Å². The second-order valence-corrected chi connectivity index (χ2v) is 4.95. The molecule has 3 rings (SSSR count). The third-order valence-electron chi connectivity index (χ3n) is 2.55. The molecule has 1 aromatic carbocycles. The fourth-order valence-electron chi connectivity index (χ4n) is 1.67. The maximum Gasteiger partial charge on any atom is 0.258 e. The molecule has 0 saturated heterocycles. The van der Waals surface area contributed by atoms with Gasteiger partial charge in [0.15, 0.2) is 0 Å². The van der Waals surface area contributed by atoms with E-state index in [-0.39, 0.29) is 5.56 Å². The molecule has 3 aromatic rings. The van der Waals surface area contributed by atoms with E-state index in [9.17, 15) is 4.79 Å². The second-order valence-electron chi connectivity index (χ2n) is 3.94. The predicted octanol–water partition coefficient (Wildman–Crippen LogP) is 1.08. The molecule has 2 aromatic heterocycles. The van der Waals surface area contributed by atoms with Gasteiger partial charge in [-0.25, -0.2) is 9.97 Å². The summed E-state index contributed by atoms with van der Waals surface area (Å²) in [6.07, 6.45) is 1.37. The summed E-state index contributed by atoms with van der Waals surface area (Å²) in [6, 6.07) is 3.37. The van der Waals surface area contributed by atoms with Crippen LogP contribution in [0.1, 0.15) is 5.82 Å². The lowest BCUT2D eigenvalue weighted by Gasteiger charge is -2.04. The van der Waals surface area contributed by atoms with Crippen LogP contribution in [0.2, 0.25) is 0 Å². The van der Waals surface area contributed by atoms with Crippen LogP contribution in [0.25, 0.3) is 10.9 Å². The van der Waals surface area contributed by atoms with Gasteiger partial charge in [-0.05, 0) is 30.8 Å². The molecule has 0 amide bonds. The molecule has 0 atom stereocenters. The van der Waals surface area contributed by atoms with Crippen LogP contribution in [-0.4, -0.2) is 25.1 Å². The minimum atomic E-state index is -0.206. The lowest BCUT2D eigenvalue weighted by atomic mass is 10.2. The van der Waals surface area contributed by atoms with Crippen LogP contribution >= 0.6 is 11.8 Å². The molecule has 0 spiro atoms. The van der Waals surface area contributed by atoms with E-state index in [0.717, 1.165) is 10.7 Å². The third kappa shape index (κ3) is 2.17. The molecule has 0 aliphatic carbocycles. The van der Waals surface area contributed by atoms with Crippen molar-refractivity contribution < 1.29 is 0 Å². The van der Waals surface area contributed by atoms with Gasteiger partial charge in [0, 0.05) is 10.6 Å². The molecule has 0 unspecified atom stereocenters. The maximum absolute atomic E-state index is 11.6. The molecule has 0 radical (unpaired) electrons. The number of nitrogen functional groups attached to an aromatic ring is 1. The molecular weight excluding hydrogens is 264 g/mol. The molecule has 2 heterocycles. The molecule has 0 bridgehead atoms. The van der Waals surface area contributed by atoms with E-state index < -0.39 is 0 Å². The van der Waals surface area contributed by atoms with Crippen molar-refractivity contribution >= 4 is 28.4 Å². The molecule has 0 aliphatic rings. The van der Waals surface area contributed by atoms with Gasteiger partial charge in [-0.3, -0.25) is 9.89 Å². The molecule has 4 N–H and O–H groups in total. The predicted molar refractivity (Wildman–Crippen MR) is 72.0 cm³/mol. The van der Waals surface area contributed by atoms with E-state index in [1.165, 1.54) is 18.1 Å². The van der Waals surface area contributed by atoms with Crippen molar-refractivity contribution in [3.63, 3.8) is 0 Å². The van der Waals surface area contributed by atoms with Gasteiger partial charge in [-0.15, -0.1) is 5.10 Å². The standard InChI is InChI=1S/C11H10N6OS/c1-5-15-11(17-16-5)19-9-3-8-6(2-7(9)12)10(18)14-4-13-8/h2-4H,12H2,1H3,(H,13,14,18)(H,15,16,17). The average molecular weight is 274 g/mol. The smallest absolute Gasteiger partial charge is 0.258 e. The molecule has 0 fully saturated rings. The lowest BCUT2D eigenvalue weighted by Crippen LogP contribution is -2.07. The van der Waals surface area contributed by atoms with E-state index in [1.54, 1.807) is 12.1 Å². The van der Waals surface area contributed by atoms with E-state index in [0.29, 0.717) is 21.7 Å². The fourth-order valence-corrected chi connectivity index (χ4v) is 2.49. The molecule has 96 valence electrons. The van der Waals surface area contributed by atoms with E-state index in [4.69, 9.17) is 5.73 Å². The van der Waals surface area contributed by atoms with Gasteiger partial charge in [-0.2, -0.15) is 0 Å². The Morgan fingerprint density at radius 3 is 2.95 bits per heavy atom. The molecular formula is C11H10N6OS. The summed E-state index contributed by atoms with van der Waals surface area (Å²) in [5.41, 5.74) is 6.83. The first kappa shape index (κ1) is 11.7. The van der Waals surface area contributed by atoms with Gasteiger partial charge < -0.3 is 10.7 Å². The zero-order valence-corrected chi connectivity index (χ0v) is 10.8. The number of aromatic amines is 2. The number of hydrogen-bond donors (Lipinski definition) is 3. The summed E-state index contributed by atoms with van der Waals surface area (Å²) in [5.74, 6) is 0.733. The second kappa shape index (κ2) is 4.39. The van der Waals surface area contributed by atoms with Crippen LogP contribution in [0.5, 0.6) is 0 Å². The van der Waals surface area contributed by atoms with Crippen LogP contribution in [0, 0.1) is 6.92 Å². The number of aryl methyl sites for hydroxylation is 1. The van der Waals surface area contributed by atoms with Crippen molar-refractivity contribution in [3.8, 4) is 0 Å². The first-order valence-electron chi connectivity index (χ1n) is 5.47. The van der Waals surface area contributed by atoms with Crippen molar-refractivity contribution in [1.82, 2.24) is 25.1 Å². The van der Waals surface area contributed by atoms with Crippen molar-refractivity contribution in [1.29, 1.82) is 0 Å². The van der Waals surface area contributed by atoms with Crippen molar-refractivity contribution in [2.45, 2.75) is 17.0 Å². The summed E-state index contributed by atoms with van der Waals surface area (Å²) in [5, 5.41) is 7.84. The topological polar surface area (TPSA) is 113 Å². The highest BCUT2D eigenvalue weighted by molar-refractivity contribution is 7.99. The first-order valence-corrected chi connectivity index (χ1v) is 6.29. The number of nitrogens with zero attached hydrogens (tertiary/aromatic N) is 3. The number of rotatable bonds is 2. The van der Waals surface area contributed by atoms with Crippen LogP contribution in [0.15, 0.2) is 33.3 Å². The summed E-state index contributed by atoms with van der Waals surface area (Å²) in [4.78, 5) is 23.2. The van der Waals surface area contributed by atoms with Crippen molar-refractivity contribution in [2.75, 3.05) is 5.73 Å². The Labute approximate surface area is 111 Å². The molecule has 0 aliphatic heterocycles. The van der Waals surface area contributed by atoms with Crippen molar-refractivity contribution in [2.24, 2.45) is 0 Å². The van der Waals surface area contributed by atoms with Crippen LogP contribution in [0.3, 0.4) is 0 Å². The Hall–Kier alpha value is -2.35. The minimum absolute atomic E-state index is 0.206. The zero-order chi connectivity index (χ0) is 13.4. The Kier molecular flexibility index (Phi) is 2.71. The number of anilines is 1. The van der Waals surface area contributed by atoms with Crippen LogP contribution in [-0.2, 0) is 0 Å². The normalized spacial score (nSPS) is 11.0. The van der Waals surface area contributed by atoms with Gasteiger partial charge in [0.1, 0.15) is 5.82 Å². The minimum Gasteiger partial charge on any atom is -0.398 e. The quantitative estimate of drug-likeness (QED) is 0.603. The van der Waals surface area contributed by atoms with Crippen LogP contribution < -0.4 is 11.3 Å². The highest BCUT2D eigenvalue weighted by Crippen LogP contribution is 2.31. The number of nitrogens with one attached hydrogen (secondary N) is 2. The van der Waals surface area contributed by atoms with Crippen LogP contribution in [0.4, 0.5) is 5.69 Å². The summed E-state index contributed by atoms with van der Waals surface area (Å²) < 4.78 is 0. The summed E-state index contributed by atoms with van der Waals surface area (Å²) in [7, 11) is 0. The summed E-state index contributed by atoms with van der Waals surface area (Å²) in [6.45, 7) is 1.82. The van der Waals surface area contributed by atoms with Crippen molar-refractivity contribution in [3.05, 3.63) is 34.6 Å². The summed E-state index contributed by atoms with van der Waals surface area (Å²) >= 11 is 1.33. The number of aromatic nitrogens is 5. The Balaban J connectivity index is 2.09. The van der Waals surface area contributed by atoms with Gasteiger partial charge in [0.05, 0.1) is 17.2 Å². The fraction of sp³-hybridized carbons (Fsp3) is 0.0909. The lowest BCUT2D eigenvalue weighted by molar-refractivity contribution is 0.969. The van der Waals surface area contributed by atoms with E-state index >= 15 is 0 Å². The maximum atomic E-state index is 11.6. The van der Waals surface area contributed by atoms with E-state index in [1.807, 2.05) is 6.92 Å². The molecule has 7 nitrogen and oxygen atoms in total. The number of nitrogens with two attached hydrogens (primary N) is 1. The molecule has 19 heavy (non-hydrogen) atoms. The number of H-pyrrole nitrogens is 2. The largest absolute Gasteiger partial charge is 0.398 e. The monoisotopic (exact) mass is 274 g/mol.